The van der Waals surface area contributed by atoms with Crippen LogP contribution in [0.25, 0.3) is 0 Å². The van der Waals surface area contributed by atoms with E-state index in [9.17, 15) is 4.79 Å². The molecule has 0 spiro atoms. The van der Waals surface area contributed by atoms with Gasteiger partial charge in [-0.15, -0.1) is 0 Å². The maximum absolute atomic E-state index is 12.0. The Morgan fingerprint density at radius 2 is 2.10 bits per heavy atom. The number of hydrogen-bond acceptors (Lipinski definition) is 3. The van der Waals surface area contributed by atoms with E-state index in [1.54, 1.807) is 24.4 Å². The number of pyridine rings is 1. The van der Waals surface area contributed by atoms with Gasteiger partial charge >= 0.3 is 0 Å². The molecule has 0 aliphatic rings. The predicted octanol–water partition coefficient (Wildman–Crippen LogP) is 2.74. The van der Waals surface area contributed by atoms with Gasteiger partial charge in [-0.05, 0) is 30.7 Å². The molecule has 3 N–H and O–H groups in total. The third-order valence-corrected chi connectivity index (χ3v) is 3.28. The molecule has 5 heteroatoms. The smallest absolute Gasteiger partial charge is 0.226 e. The summed E-state index contributed by atoms with van der Waals surface area (Å²) in [7, 11) is 0. The Bertz CT molecular complexity index is 598. The normalized spacial score (nSPS) is 11.9. The zero-order chi connectivity index (χ0) is 14.5. The number of nitrogens with one attached hydrogen (secondary N) is 1. The van der Waals surface area contributed by atoms with Crippen molar-refractivity contribution in [3.8, 4) is 0 Å². The monoisotopic (exact) mass is 289 g/mol. The number of carbonyl (C=O) groups is 1. The first-order chi connectivity index (χ1) is 9.56. The van der Waals surface area contributed by atoms with Crippen molar-refractivity contribution in [2.24, 2.45) is 0 Å². The third-order valence-electron chi connectivity index (χ3n) is 2.94. The minimum Gasteiger partial charge on any atom is -0.397 e. The van der Waals surface area contributed by atoms with Gasteiger partial charge in [-0.1, -0.05) is 29.8 Å². The molecule has 0 bridgehead atoms. The molecule has 0 saturated heterocycles. The van der Waals surface area contributed by atoms with Crippen LogP contribution < -0.4 is 11.1 Å². The van der Waals surface area contributed by atoms with E-state index in [2.05, 4.69) is 10.3 Å². The molecule has 104 valence electrons. The van der Waals surface area contributed by atoms with Crippen LogP contribution in [0.4, 0.5) is 5.69 Å². The summed E-state index contributed by atoms with van der Waals surface area (Å²) in [6.07, 6.45) is 1.76. The number of nitrogens with two attached hydrogens (primary N) is 1. The highest BCUT2D eigenvalue weighted by molar-refractivity contribution is 6.31. The number of nitrogen functional groups attached to an aromatic ring is 1. The summed E-state index contributed by atoms with van der Waals surface area (Å²) < 4.78 is 0. The summed E-state index contributed by atoms with van der Waals surface area (Å²) >= 11 is 6.10. The van der Waals surface area contributed by atoms with Gasteiger partial charge < -0.3 is 11.1 Å². The average Bonchev–Trinajstić information content (AvgIpc) is 2.41. The SMILES string of the molecule is C[C@H](NC(=O)Cc1ccc(N)cn1)c1ccccc1Cl. The van der Waals surface area contributed by atoms with E-state index in [1.807, 2.05) is 25.1 Å². The fraction of sp³-hybridized carbons (Fsp3) is 0.200. The first kappa shape index (κ1) is 14.3. The second-order valence-corrected chi connectivity index (χ2v) is 4.98. The van der Waals surface area contributed by atoms with Crippen LogP contribution in [0.3, 0.4) is 0 Å². The van der Waals surface area contributed by atoms with E-state index in [4.69, 9.17) is 17.3 Å². The van der Waals surface area contributed by atoms with E-state index in [1.165, 1.54) is 0 Å². The lowest BCUT2D eigenvalue weighted by Gasteiger charge is -2.15. The molecule has 4 nitrogen and oxygen atoms in total. The Morgan fingerprint density at radius 1 is 1.35 bits per heavy atom. The molecule has 0 radical (unpaired) electrons. The standard InChI is InChI=1S/C15H16ClN3O/c1-10(13-4-2-3-5-14(13)16)19-15(20)8-12-7-6-11(17)9-18-12/h2-7,9-10H,8,17H2,1H3,(H,19,20)/t10-/m0/s1. The molecule has 0 aliphatic heterocycles. The van der Waals surface area contributed by atoms with Gasteiger partial charge in [0.15, 0.2) is 0 Å². The molecule has 1 heterocycles. The van der Waals surface area contributed by atoms with Crippen molar-refractivity contribution in [1.82, 2.24) is 10.3 Å². The van der Waals surface area contributed by atoms with E-state index in [-0.39, 0.29) is 18.4 Å². The maximum Gasteiger partial charge on any atom is 0.226 e. The molecule has 20 heavy (non-hydrogen) atoms. The van der Waals surface area contributed by atoms with E-state index in [0.29, 0.717) is 16.4 Å². The fourth-order valence-corrected chi connectivity index (χ4v) is 2.20. The number of hydrogen-bond donors (Lipinski definition) is 2. The van der Waals surface area contributed by atoms with Gasteiger partial charge in [0.25, 0.3) is 0 Å². The summed E-state index contributed by atoms with van der Waals surface area (Å²) in [4.78, 5) is 16.1. The van der Waals surface area contributed by atoms with Gasteiger partial charge in [0.2, 0.25) is 5.91 Å². The van der Waals surface area contributed by atoms with Crippen LogP contribution in [0.15, 0.2) is 42.6 Å². The topological polar surface area (TPSA) is 68.0 Å². The highest BCUT2D eigenvalue weighted by atomic mass is 35.5. The lowest BCUT2D eigenvalue weighted by molar-refractivity contribution is -0.121. The number of carbonyl (C=O) groups excluding carboxylic acids is 1. The number of nitrogens with zero attached hydrogens (tertiary/aromatic N) is 1. The molecule has 2 aromatic rings. The zero-order valence-corrected chi connectivity index (χ0v) is 11.9. The Morgan fingerprint density at radius 3 is 2.75 bits per heavy atom. The number of anilines is 1. The largest absolute Gasteiger partial charge is 0.397 e. The Hall–Kier alpha value is -2.07. The Balaban J connectivity index is 1.98. The molecule has 0 saturated carbocycles. The summed E-state index contributed by atoms with van der Waals surface area (Å²) in [6, 6.07) is 10.8. The van der Waals surface area contributed by atoms with Crippen molar-refractivity contribution in [2.45, 2.75) is 19.4 Å². The first-order valence-corrected chi connectivity index (χ1v) is 6.68. The lowest BCUT2D eigenvalue weighted by atomic mass is 10.1. The van der Waals surface area contributed by atoms with Crippen molar-refractivity contribution in [3.63, 3.8) is 0 Å². The third kappa shape index (κ3) is 3.71. The molecule has 1 aromatic heterocycles. The van der Waals surface area contributed by atoms with Crippen LogP contribution in [0, 0.1) is 0 Å². The van der Waals surface area contributed by atoms with Crippen molar-refractivity contribution in [3.05, 3.63) is 58.9 Å². The predicted molar refractivity (Wildman–Crippen MR) is 80.4 cm³/mol. The van der Waals surface area contributed by atoms with E-state index >= 15 is 0 Å². The molecular formula is C15H16ClN3O. The molecule has 1 aromatic carbocycles. The van der Waals surface area contributed by atoms with E-state index < -0.39 is 0 Å². The number of benzene rings is 1. The van der Waals surface area contributed by atoms with E-state index in [0.717, 1.165) is 5.56 Å². The summed E-state index contributed by atoms with van der Waals surface area (Å²) in [5, 5.41) is 3.55. The minimum atomic E-state index is -0.148. The molecule has 2 rings (SSSR count). The molecular weight excluding hydrogens is 274 g/mol. The second kappa shape index (κ2) is 6.39. The second-order valence-electron chi connectivity index (χ2n) is 4.57. The van der Waals surface area contributed by atoms with Gasteiger partial charge in [-0.3, -0.25) is 9.78 Å². The highest BCUT2D eigenvalue weighted by Crippen LogP contribution is 2.22. The van der Waals surface area contributed by atoms with Crippen LogP contribution in [-0.2, 0) is 11.2 Å². The number of rotatable bonds is 4. The van der Waals surface area contributed by atoms with Crippen molar-refractivity contribution in [1.29, 1.82) is 0 Å². The van der Waals surface area contributed by atoms with Crippen LogP contribution in [0.2, 0.25) is 5.02 Å². The van der Waals surface area contributed by atoms with Crippen LogP contribution in [-0.4, -0.2) is 10.9 Å². The number of halogens is 1. The fourth-order valence-electron chi connectivity index (χ4n) is 1.90. The number of aromatic nitrogens is 1. The van der Waals surface area contributed by atoms with Crippen LogP contribution in [0.5, 0.6) is 0 Å². The average molecular weight is 290 g/mol. The van der Waals surface area contributed by atoms with Crippen molar-refractivity contribution < 1.29 is 4.79 Å². The minimum absolute atomic E-state index is 0.102. The van der Waals surface area contributed by atoms with Crippen molar-refractivity contribution >= 4 is 23.2 Å². The van der Waals surface area contributed by atoms with Crippen molar-refractivity contribution in [2.75, 3.05) is 5.73 Å². The number of amides is 1. The van der Waals surface area contributed by atoms with Gasteiger partial charge in [0.05, 0.1) is 24.3 Å². The lowest BCUT2D eigenvalue weighted by Crippen LogP contribution is -2.28. The highest BCUT2D eigenvalue weighted by Gasteiger charge is 2.12. The van der Waals surface area contributed by atoms with Crippen LogP contribution in [0.1, 0.15) is 24.2 Å². The maximum atomic E-state index is 12.0. The van der Waals surface area contributed by atoms with Gasteiger partial charge in [0.1, 0.15) is 0 Å². The molecule has 0 aliphatic carbocycles. The summed E-state index contributed by atoms with van der Waals surface area (Å²) in [5.74, 6) is -0.102. The van der Waals surface area contributed by atoms with Gasteiger partial charge in [0, 0.05) is 10.7 Å². The molecule has 0 fully saturated rings. The molecule has 1 amide bonds. The van der Waals surface area contributed by atoms with Gasteiger partial charge in [-0.2, -0.15) is 0 Å². The van der Waals surface area contributed by atoms with Crippen LogP contribution >= 0.6 is 11.6 Å². The Kier molecular flexibility index (Phi) is 4.58. The summed E-state index contributed by atoms with van der Waals surface area (Å²) in [6.45, 7) is 1.90. The zero-order valence-electron chi connectivity index (χ0n) is 11.1. The molecule has 1 atom stereocenters. The Labute approximate surface area is 123 Å². The summed E-state index contributed by atoms with van der Waals surface area (Å²) in [5.41, 5.74) is 7.71. The quantitative estimate of drug-likeness (QED) is 0.909. The first-order valence-electron chi connectivity index (χ1n) is 6.30. The van der Waals surface area contributed by atoms with Gasteiger partial charge in [-0.25, -0.2) is 0 Å². The molecule has 0 unspecified atom stereocenters.